The molecule has 0 unspecified atom stereocenters. The normalized spacial score (nSPS) is 13.5. The van der Waals surface area contributed by atoms with Gasteiger partial charge in [-0.15, -0.1) is 13.2 Å². The third kappa shape index (κ3) is 5.06. The van der Waals surface area contributed by atoms with Gasteiger partial charge in [0.1, 0.15) is 12.4 Å². The van der Waals surface area contributed by atoms with Gasteiger partial charge in [0.25, 0.3) is 0 Å². The molecule has 0 saturated heterocycles. The van der Waals surface area contributed by atoms with E-state index in [0.29, 0.717) is 5.75 Å². The van der Waals surface area contributed by atoms with Crippen molar-refractivity contribution in [1.82, 2.24) is 0 Å². The lowest BCUT2D eigenvalue weighted by Crippen LogP contribution is -2.18. The van der Waals surface area contributed by atoms with Crippen LogP contribution >= 0.6 is 0 Å². The first-order chi connectivity index (χ1) is 7.90. The zero-order valence-electron chi connectivity index (χ0n) is 9.33. The van der Waals surface area contributed by atoms with Crippen molar-refractivity contribution in [3.8, 4) is 5.75 Å². The molecule has 0 aliphatic heterocycles. The summed E-state index contributed by atoms with van der Waals surface area (Å²) in [5.74, 6) is 0.480. The van der Waals surface area contributed by atoms with E-state index >= 15 is 0 Å². The van der Waals surface area contributed by atoms with E-state index < -0.39 is 13.0 Å². The Balaban J connectivity index is 2.47. The van der Waals surface area contributed by atoms with E-state index in [1.54, 1.807) is 31.2 Å². The molecule has 0 radical (unpaired) electrons. The van der Waals surface area contributed by atoms with Crippen LogP contribution in [0.1, 0.15) is 18.5 Å². The molecule has 96 valence electrons. The second kappa shape index (κ2) is 5.88. The van der Waals surface area contributed by atoms with Crippen molar-refractivity contribution in [1.29, 1.82) is 0 Å². The number of halogens is 3. The maximum atomic E-state index is 11.7. The molecule has 3 nitrogen and oxygen atoms in total. The van der Waals surface area contributed by atoms with Gasteiger partial charge in [-0.2, -0.15) is 0 Å². The van der Waals surface area contributed by atoms with Crippen molar-refractivity contribution >= 4 is 0 Å². The van der Waals surface area contributed by atoms with E-state index in [2.05, 4.69) is 4.74 Å². The van der Waals surface area contributed by atoms with Gasteiger partial charge in [0.2, 0.25) is 0 Å². The number of alkyl halides is 3. The first-order valence-corrected chi connectivity index (χ1v) is 5.08. The van der Waals surface area contributed by atoms with Crippen LogP contribution in [-0.2, 0) is 4.74 Å². The summed E-state index contributed by atoms with van der Waals surface area (Å²) in [6.45, 7) is 1.05. The van der Waals surface area contributed by atoms with Gasteiger partial charge in [-0.25, -0.2) is 0 Å². The molecule has 0 amide bonds. The summed E-state index contributed by atoms with van der Waals surface area (Å²) in [6, 6.07) is 6.70. The molecule has 0 saturated carbocycles. The fourth-order valence-corrected chi connectivity index (χ4v) is 1.30. The first-order valence-electron chi connectivity index (χ1n) is 5.08. The SMILES string of the molecule is C[C@@H](N)c1ccccc1OCCOC(F)(F)F. The highest BCUT2D eigenvalue weighted by Crippen LogP contribution is 2.23. The van der Waals surface area contributed by atoms with Crippen molar-refractivity contribution in [2.45, 2.75) is 19.3 Å². The molecule has 6 heteroatoms. The molecule has 0 bridgehead atoms. The van der Waals surface area contributed by atoms with Gasteiger partial charge in [0, 0.05) is 11.6 Å². The Morgan fingerprint density at radius 3 is 2.47 bits per heavy atom. The molecule has 0 aliphatic carbocycles. The van der Waals surface area contributed by atoms with Crippen LogP contribution in [0, 0.1) is 0 Å². The lowest BCUT2D eigenvalue weighted by atomic mass is 10.1. The Labute approximate surface area is 97.3 Å². The third-order valence-corrected chi connectivity index (χ3v) is 2.02. The third-order valence-electron chi connectivity index (χ3n) is 2.02. The molecule has 17 heavy (non-hydrogen) atoms. The topological polar surface area (TPSA) is 44.5 Å². The minimum absolute atomic E-state index is 0.177. The summed E-state index contributed by atoms with van der Waals surface area (Å²) in [4.78, 5) is 0. The van der Waals surface area contributed by atoms with Crippen LogP contribution in [0.25, 0.3) is 0 Å². The zero-order chi connectivity index (χ0) is 12.9. The Hall–Kier alpha value is -1.27. The molecular weight excluding hydrogens is 235 g/mol. The maximum absolute atomic E-state index is 11.7. The molecule has 1 aromatic rings. The molecule has 0 heterocycles. The fraction of sp³-hybridized carbons (Fsp3) is 0.455. The average Bonchev–Trinajstić information content (AvgIpc) is 2.23. The highest BCUT2D eigenvalue weighted by molar-refractivity contribution is 5.35. The molecule has 0 spiro atoms. The Kier molecular flexibility index (Phi) is 4.77. The molecule has 0 aromatic heterocycles. The quantitative estimate of drug-likeness (QED) is 0.816. The predicted octanol–water partition coefficient (Wildman–Crippen LogP) is 2.62. The number of rotatable bonds is 5. The summed E-state index contributed by atoms with van der Waals surface area (Å²) in [5, 5.41) is 0. The van der Waals surface area contributed by atoms with Gasteiger partial charge in [-0.3, -0.25) is 4.74 Å². The van der Waals surface area contributed by atoms with Crippen molar-refractivity contribution < 1.29 is 22.6 Å². The minimum atomic E-state index is -4.62. The number of hydrogen-bond donors (Lipinski definition) is 1. The second-order valence-corrected chi connectivity index (χ2v) is 3.47. The lowest BCUT2D eigenvalue weighted by molar-refractivity contribution is -0.325. The van der Waals surface area contributed by atoms with Crippen LogP contribution in [0.4, 0.5) is 13.2 Å². The molecular formula is C11H14F3NO2. The molecule has 0 fully saturated rings. The Morgan fingerprint density at radius 2 is 1.88 bits per heavy atom. The molecule has 2 N–H and O–H groups in total. The number of ether oxygens (including phenoxy) is 2. The Morgan fingerprint density at radius 1 is 1.24 bits per heavy atom. The molecule has 1 aromatic carbocycles. The van der Waals surface area contributed by atoms with Gasteiger partial charge >= 0.3 is 6.36 Å². The molecule has 0 aliphatic rings. The summed E-state index contributed by atoms with van der Waals surface area (Å²) >= 11 is 0. The first kappa shape index (κ1) is 13.8. The standard InChI is InChI=1S/C11H14F3NO2/c1-8(15)9-4-2-3-5-10(9)16-6-7-17-11(12,13)14/h2-5,8H,6-7,15H2,1H3/t8-/m1/s1. The van der Waals surface area contributed by atoms with Crippen LogP contribution in [0.2, 0.25) is 0 Å². The predicted molar refractivity (Wildman–Crippen MR) is 56.5 cm³/mol. The molecule has 1 atom stereocenters. The van der Waals surface area contributed by atoms with Gasteiger partial charge in [-0.05, 0) is 13.0 Å². The van der Waals surface area contributed by atoms with Crippen LogP contribution in [0.15, 0.2) is 24.3 Å². The van der Waals surface area contributed by atoms with Gasteiger partial charge in [0.15, 0.2) is 0 Å². The number of hydrogen-bond acceptors (Lipinski definition) is 3. The van der Waals surface area contributed by atoms with Crippen LogP contribution in [0.5, 0.6) is 5.75 Å². The van der Waals surface area contributed by atoms with E-state index in [1.165, 1.54) is 0 Å². The van der Waals surface area contributed by atoms with E-state index in [0.717, 1.165) is 5.56 Å². The highest BCUT2D eigenvalue weighted by Gasteiger charge is 2.28. The van der Waals surface area contributed by atoms with Gasteiger partial charge < -0.3 is 10.5 Å². The molecule has 1 rings (SSSR count). The minimum Gasteiger partial charge on any atom is -0.491 e. The van der Waals surface area contributed by atoms with E-state index in [-0.39, 0.29) is 12.6 Å². The van der Waals surface area contributed by atoms with Crippen LogP contribution in [-0.4, -0.2) is 19.6 Å². The smallest absolute Gasteiger partial charge is 0.491 e. The summed E-state index contributed by atoms with van der Waals surface area (Å²) in [5.41, 5.74) is 6.45. The Bertz CT molecular complexity index is 353. The average molecular weight is 249 g/mol. The van der Waals surface area contributed by atoms with Crippen LogP contribution in [0.3, 0.4) is 0 Å². The van der Waals surface area contributed by atoms with E-state index in [9.17, 15) is 13.2 Å². The largest absolute Gasteiger partial charge is 0.522 e. The summed E-state index contributed by atoms with van der Waals surface area (Å²) in [7, 11) is 0. The van der Waals surface area contributed by atoms with Crippen molar-refractivity contribution in [2.75, 3.05) is 13.2 Å². The monoisotopic (exact) mass is 249 g/mol. The van der Waals surface area contributed by atoms with Crippen molar-refractivity contribution in [2.24, 2.45) is 5.73 Å². The second-order valence-electron chi connectivity index (χ2n) is 3.47. The van der Waals surface area contributed by atoms with Crippen molar-refractivity contribution in [3.05, 3.63) is 29.8 Å². The maximum Gasteiger partial charge on any atom is 0.522 e. The van der Waals surface area contributed by atoms with E-state index in [1.807, 2.05) is 0 Å². The van der Waals surface area contributed by atoms with Crippen LogP contribution < -0.4 is 10.5 Å². The number of benzene rings is 1. The summed E-state index contributed by atoms with van der Waals surface area (Å²) < 4.78 is 43.9. The number of nitrogens with two attached hydrogens (primary N) is 1. The van der Waals surface area contributed by atoms with Gasteiger partial charge in [-0.1, -0.05) is 18.2 Å². The van der Waals surface area contributed by atoms with Crippen molar-refractivity contribution in [3.63, 3.8) is 0 Å². The van der Waals surface area contributed by atoms with E-state index in [4.69, 9.17) is 10.5 Å². The summed E-state index contributed by atoms with van der Waals surface area (Å²) in [6.07, 6.45) is -4.62. The highest BCUT2D eigenvalue weighted by atomic mass is 19.4. The fourth-order valence-electron chi connectivity index (χ4n) is 1.30. The number of para-hydroxylation sites is 1. The zero-order valence-corrected chi connectivity index (χ0v) is 9.33. The van der Waals surface area contributed by atoms with Gasteiger partial charge in [0.05, 0.1) is 6.61 Å². The lowest BCUT2D eigenvalue weighted by Gasteiger charge is -2.14.